The summed E-state index contributed by atoms with van der Waals surface area (Å²) >= 11 is 1.70. The standard InChI is InChI=1S/C22H14N2OS/c1-2-6-18-15(5-1)9-10-19(24-18)22-16(20-7-3-11-25-20)13-23-14-17(22)21-8-4-12-26-21/h1-14H. The van der Waals surface area contributed by atoms with Crippen molar-refractivity contribution in [3.63, 3.8) is 0 Å². The molecule has 5 rings (SSSR count). The van der Waals surface area contributed by atoms with Gasteiger partial charge in [0.25, 0.3) is 0 Å². The van der Waals surface area contributed by atoms with Gasteiger partial charge in [-0.1, -0.05) is 30.3 Å². The number of hydrogen-bond acceptors (Lipinski definition) is 4. The van der Waals surface area contributed by atoms with Crippen LogP contribution in [0.3, 0.4) is 0 Å². The van der Waals surface area contributed by atoms with Crippen molar-refractivity contribution >= 4 is 22.2 Å². The van der Waals surface area contributed by atoms with Crippen molar-refractivity contribution in [1.29, 1.82) is 0 Å². The third kappa shape index (κ3) is 2.52. The molecule has 0 bridgehead atoms. The van der Waals surface area contributed by atoms with Crippen molar-refractivity contribution in [1.82, 2.24) is 9.97 Å². The first kappa shape index (κ1) is 15.0. The molecule has 124 valence electrons. The highest BCUT2D eigenvalue weighted by Gasteiger charge is 2.18. The lowest BCUT2D eigenvalue weighted by molar-refractivity contribution is 0.582. The number of aromatic nitrogens is 2. The third-order valence-corrected chi connectivity index (χ3v) is 5.28. The minimum atomic E-state index is 0.792. The third-order valence-electron chi connectivity index (χ3n) is 4.37. The summed E-state index contributed by atoms with van der Waals surface area (Å²) < 4.78 is 5.68. The van der Waals surface area contributed by atoms with Crippen molar-refractivity contribution in [2.45, 2.75) is 0 Å². The highest BCUT2D eigenvalue weighted by molar-refractivity contribution is 7.13. The van der Waals surface area contributed by atoms with Gasteiger partial charge in [-0.15, -0.1) is 11.3 Å². The highest BCUT2D eigenvalue weighted by Crippen LogP contribution is 2.40. The zero-order chi connectivity index (χ0) is 17.3. The molecule has 4 heteroatoms. The Kier molecular flexibility index (Phi) is 3.61. The lowest BCUT2D eigenvalue weighted by Gasteiger charge is -2.12. The number of rotatable bonds is 3. The molecule has 0 aliphatic carbocycles. The molecular formula is C22H14N2OS. The molecule has 3 nitrogen and oxygen atoms in total. The molecule has 0 amide bonds. The van der Waals surface area contributed by atoms with Crippen LogP contribution in [0.25, 0.3) is 43.9 Å². The summed E-state index contributed by atoms with van der Waals surface area (Å²) in [7, 11) is 0. The summed E-state index contributed by atoms with van der Waals surface area (Å²) in [6, 6.07) is 20.4. The van der Waals surface area contributed by atoms with Crippen LogP contribution in [-0.2, 0) is 0 Å². The number of para-hydroxylation sites is 1. The van der Waals surface area contributed by atoms with Crippen LogP contribution in [0.5, 0.6) is 0 Å². The van der Waals surface area contributed by atoms with Crippen molar-refractivity contribution in [2.24, 2.45) is 0 Å². The van der Waals surface area contributed by atoms with Crippen LogP contribution in [0.15, 0.2) is 89.1 Å². The predicted octanol–water partition coefficient (Wildman–Crippen LogP) is 6.29. The van der Waals surface area contributed by atoms with Crippen molar-refractivity contribution in [3.8, 4) is 33.0 Å². The van der Waals surface area contributed by atoms with E-state index in [-0.39, 0.29) is 0 Å². The molecule has 5 aromatic rings. The van der Waals surface area contributed by atoms with E-state index in [0.717, 1.165) is 43.9 Å². The van der Waals surface area contributed by atoms with Crippen LogP contribution >= 0.6 is 11.3 Å². The maximum Gasteiger partial charge on any atom is 0.136 e. The van der Waals surface area contributed by atoms with E-state index in [1.807, 2.05) is 42.7 Å². The zero-order valence-corrected chi connectivity index (χ0v) is 14.6. The van der Waals surface area contributed by atoms with E-state index < -0.39 is 0 Å². The molecule has 26 heavy (non-hydrogen) atoms. The van der Waals surface area contributed by atoms with Crippen LogP contribution in [0.2, 0.25) is 0 Å². The summed E-state index contributed by atoms with van der Waals surface area (Å²) in [5.41, 5.74) is 4.95. The van der Waals surface area contributed by atoms with Gasteiger partial charge in [0.1, 0.15) is 5.76 Å². The molecule has 4 heterocycles. The van der Waals surface area contributed by atoms with E-state index in [2.05, 4.69) is 40.7 Å². The fourth-order valence-electron chi connectivity index (χ4n) is 3.18. The molecule has 0 unspecified atom stereocenters. The van der Waals surface area contributed by atoms with Crippen LogP contribution in [0, 0.1) is 0 Å². The number of furan rings is 1. The topological polar surface area (TPSA) is 38.9 Å². The van der Waals surface area contributed by atoms with Crippen LogP contribution in [0.1, 0.15) is 0 Å². The molecule has 0 fully saturated rings. The second-order valence-electron chi connectivity index (χ2n) is 5.95. The Bertz CT molecular complexity index is 1130. The molecule has 0 atom stereocenters. The van der Waals surface area contributed by atoms with Gasteiger partial charge >= 0.3 is 0 Å². The Labute approximate surface area is 154 Å². The van der Waals surface area contributed by atoms with Crippen molar-refractivity contribution < 1.29 is 4.42 Å². The lowest BCUT2D eigenvalue weighted by atomic mass is 9.97. The molecule has 4 aromatic heterocycles. The first-order chi connectivity index (χ1) is 12.9. The van der Waals surface area contributed by atoms with Crippen molar-refractivity contribution in [2.75, 3.05) is 0 Å². The Hall–Kier alpha value is -3.24. The van der Waals surface area contributed by atoms with Gasteiger partial charge in [0, 0.05) is 39.3 Å². The smallest absolute Gasteiger partial charge is 0.136 e. The molecule has 0 aliphatic rings. The average Bonchev–Trinajstić information content (AvgIpc) is 3.41. The van der Waals surface area contributed by atoms with Crippen LogP contribution in [0.4, 0.5) is 0 Å². The Morgan fingerprint density at radius 2 is 1.73 bits per heavy atom. The summed E-state index contributed by atoms with van der Waals surface area (Å²) in [6.07, 6.45) is 5.44. The number of fused-ring (bicyclic) bond motifs is 1. The number of pyridine rings is 2. The SMILES string of the molecule is c1coc(-c2cncc(-c3cccs3)c2-c2ccc3ccccc3n2)c1. The van der Waals surface area contributed by atoms with E-state index in [9.17, 15) is 0 Å². The van der Waals surface area contributed by atoms with Gasteiger partial charge in [-0.05, 0) is 35.7 Å². The second kappa shape index (κ2) is 6.24. The fourth-order valence-corrected chi connectivity index (χ4v) is 3.92. The molecular weight excluding hydrogens is 340 g/mol. The summed E-state index contributed by atoms with van der Waals surface area (Å²) in [6.45, 7) is 0. The molecule has 0 saturated carbocycles. The highest BCUT2D eigenvalue weighted by atomic mass is 32.1. The lowest BCUT2D eigenvalue weighted by Crippen LogP contribution is -1.93. The van der Waals surface area contributed by atoms with Gasteiger partial charge in [0.2, 0.25) is 0 Å². The van der Waals surface area contributed by atoms with Gasteiger partial charge in [-0.25, -0.2) is 4.98 Å². The minimum absolute atomic E-state index is 0.792. The molecule has 0 radical (unpaired) electrons. The Balaban J connectivity index is 1.82. The van der Waals surface area contributed by atoms with Gasteiger partial charge in [0.15, 0.2) is 0 Å². The minimum Gasteiger partial charge on any atom is -0.464 e. The van der Waals surface area contributed by atoms with Gasteiger partial charge in [-0.2, -0.15) is 0 Å². The largest absolute Gasteiger partial charge is 0.464 e. The van der Waals surface area contributed by atoms with E-state index in [1.165, 1.54) is 0 Å². The monoisotopic (exact) mass is 354 g/mol. The van der Waals surface area contributed by atoms with Crippen LogP contribution < -0.4 is 0 Å². The van der Waals surface area contributed by atoms with E-state index >= 15 is 0 Å². The average molecular weight is 354 g/mol. The normalized spacial score (nSPS) is 11.1. The molecule has 0 saturated heterocycles. The summed E-state index contributed by atoms with van der Waals surface area (Å²) in [5, 5.41) is 3.20. The number of nitrogens with zero attached hydrogens (tertiary/aromatic N) is 2. The number of thiophene rings is 1. The summed E-state index contributed by atoms with van der Waals surface area (Å²) in [4.78, 5) is 10.5. The van der Waals surface area contributed by atoms with Gasteiger partial charge in [0.05, 0.1) is 17.5 Å². The first-order valence-electron chi connectivity index (χ1n) is 8.32. The first-order valence-corrected chi connectivity index (χ1v) is 9.20. The predicted molar refractivity (Wildman–Crippen MR) is 106 cm³/mol. The number of benzene rings is 1. The molecule has 0 aliphatic heterocycles. The molecule has 0 N–H and O–H groups in total. The number of hydrogen-bond donors (Lipinski definition) is 0. The zero-order valence-electron chi connectivity index (χ0n) is 13.8. The fraction of sp³-hybridized carbons (Fsp3) is 0. The maximum atomic E-state index is 5.68. The van der Waals surface area contributed by atoms with Gasteiger partial charge in [-0.3, -0.25) is 4.98 Å². The Morgan fingerprint density at radius 1 is 0.808 bits per heavy atom. The summed E-state index contributed by atoms with van der Waals surface area (Å²) in [5.74, 6) is 0.792. The maximum absolute atomic E-state index is 5.68. The molecule has 0 spiro atoms. The van der Waals surface area contributed by atoms with Crippen molar-refractivity contribution in [3.05, 3.63) is 84.7 Å². The van der Waals surface area contributed by atoms with E-state index in [0.29, 0.717) is 0 Å². The Morgan fingerprint density at radius 3 is 2.58 bits per heavy atom. The second-order valence-corrected chi connectivity index (χ2v) is 6.90. The van der Waals surface area contributed by atoms with Crippen LogP contribution in [-0.4, -0.2) is 9.97 Å². The van der Waals surface area contributed by atoms with E-state index in [4.69, 9.17) is 9.40 Å². The van der Waals surface area contributed by atoms with E-state index in [1.54, 1.807) is 17.6 Å². The molecule has 1 aromatic carbocycles. The van der Waals surface area contributed by atoms with Gasteiger partial charge < -0.3 is 4.42 Å². The quantitative estimate of drug-likeness (QED) is 0.382.